The van der Waals surface area contributed by atoms with E-state index in [9.17, 15) is 9.50 Å². The van der Waals surface area contributed by atoms with Crippen LogP contribution in [0.3, 0.4) is 0 Å². The van der Waals surface area contributed by atoms with Gasteiger partial charge in [-0.3, -0.25) is 4.90 Å². The van der Waals surface area contributed by atoms with E-state index < -0.39 is 5.82 Å². The van der Waals surface area contributed by atoms with Crippen LogP contribution in [0.25, 0.3) is 0 Å². The summed E-state index contributed by atoms with van der Waals surface area (Å²) >= 11 is 5.95. The van der Waals surface area contributed by atoms with E-state index in [0.717, 1.165) is 31.7 Å². The molecule has 1 aliphatic carbocycles. The fraction of sp³-hybridized carbons (Fsp3) is 0.647. The molecule has 2 aliphatic rings. The first-order valence-electron chi connectivity index (χ1n) is 8.30. The van der Waals surface area contributed by atoms with Crippen LogP contribution in [-0.4, -0.2) is 36.2 Å². The third-order valence-corrected chi connectivity index (χ3v) is 5.42. The summed E-state index contributed by atoms with van der Waals surface area (Å²) in [6.07, 6.45) is 6.11. The number of phenolic OH excluding ortho intramolecular Hbond substituents is 1. The molecule has 7 heteroatoms. The predicted octanol–water partition coefficient (Wildman–Crippen LogP) is 4.55. The SMILES string of the molecule is Cl.Cl.Oc1c([C@@H](C2CCCCC2)N2CCNCC2)ccc(F)c1Cl. The average molecular weight is 400 g/mol. The van der Waals surface area contributed by atoms with Crippen LogP contribution in [0.4, 0.5) is 4.39 Å². The highest BCUT2D eigenvalue weighted by Crippen LogP contribution is 2.43. The number of rotatable bonds is 3. The molecule has 1 aromatic carbocycles. The van der Waals surface area contributed by atoms with Gasteiger partial charge < -0.3 is 10.4 Å². The summed E-state index contributed by atoms with van der Waals surface area (Å²) in [6.45, 7) is 3.82. The monoisotopic (exact) mass is 398 g/mol. The molecule has 1 aliphatic heterocycles. The van der Waals surface area contributed by atoms with Gasteiger partial charge in [0.1, 0.15) is 16.6 Å². The maximum absolute atomic E-state index is 13.6. The van der Waals surface area contributed by atoms with Crippen molar-refractivity contribution in [2.75, 3.05) is 26.2 Å². The van der Waals surface area contributed by atoms with Gasteiger partial charge in [0.25, 0.3) is 0 Å². The third-order valence-electron chi connectivity index (χ3n) is 5.06. The fourth-order valence-electron chi connectivity index (χ4n) is 3.95. The molecule has 1 saturated carbocycles. The third kappa shape index (κ3) is 4.67. The van der Waals surface area contributed by atoms with Crippen LogP contribution in [-0.2, 0) is 0 Å². The highest BCUT2D eigenvalue weighted by Gasteiger charge is 2.33. The van der Waals surface area contributed by atoms with Crippen LogP contribution in [0.5, 0.6) is 5.75 Å². The van der Waals surface area contributed by atoms with E-state index in [4.69, 9.17) is 11.6 Å². The van der Waals surface area contributed by atoms with E-state index in [2.05, 4.69) is 10.2 Å². The van der Waals surface area contributed by atoms with E-state index in [1.807, 2.05) is 0 Å². The molecule has 2 N–H and O–H groups in total. The lowest BCUT2D eigenvalue weighted by Gasteiger charge is -2.41. The van der Waals surface area contributed by atoms with E-state index in [-0.39, 0.29) is 41.6 Å². The summed E-state index contributed by atoms with van der Waals surface area (Å²) in [5.41, 5.74) is 0.792. The molecule has 0 radical (unpaired) electrons. The van der Waals surface area contributed by atoms with Crippen molar-refractivity contribution in [3.63, 3.8) is 0 Å². The minimum absolute atomic E-state index is 0. The summed E-state index contributed by atoms with van der Waals surface area (Å²) in [6, 6.07) is 3.24. The topological polar surface area (TPSA) is 35.5 Å². The molecule has 1 heterocycles. The van der Waals surface area contributed by atoms with Crippen LogP contribution in [0.2, 0.25) is 5.02 Å². The van der Waals surface area contributed by atoms with Gasteiger partial charge in [-0.2, -0.15) is 0 Å². The standard InChI is InChI=1S/C17H24ClFN2O.2ClH/c18-15-14(19)7-6-13(17(15)22)16(12-4-2-1-3-5-12)21-10-8-20-9-11-21;;/h6-7,12,16,20,22H,1-5,8-11H2;2*1H/t16-;;/m1../s1. The number of aromatic hydroxyl groups is 1. The number of hydrogen-bond donors (Lipinski definition) is 2. The van der Waals surface area contributed by atoms with E-state index in [1.54, 1.807) is 6.07 Å². The minimum atomic E-state index is -0.550. The quantitative estimate of drug-likeness (QED) is 0.782. The lowest BCUT2D eigenvalue weighted by Crippen LogP contribution is -2.47. The fourth-order valence-corrected chi connectivity index (χ4v) is 4.12. The van der Waals surface area contributed by atoms with Gasteiger partial charge >= 0.3 is 0 Å². The Balaban J connectivity index is 0.00000144. The lowest BCUT2D eigenvalue weighted by atomic mass is 9.80. The number of piperazine rings is 1. The minimum Gasteiger partial charge on any atom is -0.506 e. The molecular weight excluding hydrogens is 374 g/mol. The second kappa shape index (κ2) is 10.0. The van der Waals surface area contributed by atoms with Crippen LogP contribution >= 0.6 is 36.4 Å². The maximum atomic E-state index is 13.6. The van der Waals surface area contributed by atoms with Gasteiger partial charge in [-0.15, -0.1) is 24.8 Å². The van der Waals surface area contributed by atoms with Gasteiger partial charge in [0.15, 0.2) is 0 Å². The Morgan fingerprint density at radius 2 is 1.75 bits per heavy atom. The molecule has 0 spiro atoms. The Hall–Kier alpha value is -0.260. The van der Waals surface area contributed by atoms with Gasteiger partial charge in [0.2, 0.25) is 0 Å². The Morgan fingerprint density at radius 3 is 2.38 bits per heavy atom. The number of nitrogens with zero attached hydrogens (tertiary/aromatic N) is 1. The molecule has 1 saturated heterocycles. The Kier molecular flexibility index (Phi) is 9.10. The average Bonchev–Trinajstić information content (AvgIpc) is 2.57. The lowest BCUT2D eigenvalue weighted by molar-refractivity contribution is 0.101. The van der Waals surface area contributed by atoms with Crippen molar-refractivity contribution in [2.24, 2.45) is 5.92 Å². The summed E-state index contributed by atoms with van der Waals surface area (Å²) < 4.78 is 13.6. The number of benzene rings is 1. The maximum Gasteiger partial charge on any atom is 0.145 e. The van der Waals surface area contributed by atoms with E-state index >= 15 is 0 Å². The zero-order valence-electron chi connectivity index (χ0n) is 13.6. The molecule has 3 rings (SSSR count). The highest BCUT2D eigenvalue weighted by molar-refractivity contribution is 6.32. The molecule has 24 heavy (non-hydrogen) atoms. The Morgan fingerprint density at radius 1 is 1.12 bits per heavy atom. The van der Waals surface area contributed by atoms with Crippen LogP contribution in [0.1, 0.15) is 43.7 Å². The van der Waals surface area contributed by atoms with Crippen molar-refractivity contribution in [1.29, 1.82) is 0 Å². The number of halogens is 4. The summed E-state index contributed by atoms with van der Waals surface area (Å²) in [5.74, 6) is -0.110. The largest absolute Gasteiger partial charge is 0.506 e. The molecule has 1 atom stereocenters. The zero-order valence-corrected chi connectivity index (χ0v) is 16.0. The molecule has 0 unspecified atom stereocenters. The zero-order chi connectivity index (χ0) is 15.5. The molecule has 0 bridgehead atoms. The molecule has 138 valence electrons. The number of hydrogen-bond acceptors (Lipinski definition) is 3. The molecule has 2 fully saturated rings. The van der Waals surface area contributed by atoms with Crippen molar-refractivity contribution < 1.29 is 9.50 Å². The van der Waals surface area contributed by atoms with Crippen molar-refractivity contribution in [3.8, 4) is 5.75 Å². The first-order valence-corrected chi connectivity index (χ1v) is 8.68. The molecular formula is C17H26Cl3FN2O. The smallest absolute Gasteiger partial charge is 0.145 e. The van der Waals surface area contributed by atoms with Gasteiger partial charge in [-0.25, -0.2) is 4.39 Å². The molecule has 0 aromatic heterocycles. The first-order chi connectivity index (χ1) is 10.7. The van der Waals surface area contributed by atoms with Gasteiger partial charge in [-0.1, -0.05) is 36.9 Å². The first kappa shape index (κ1) is 21.8. The highest BCUT2D eigenvalue weighted by atomic mass is 35.5. The van der Waals surface area contributed by atoms with Crippen LogP contribution < -0.4 is 5.32 Å². The summed E-state index contributed by atoms with van der Waals surface area (Å²) in [5, 5.41) is 13.6. The normalized spacial score (nSPS) is 20.8. The molecule has 0 amide bonds. The van der Waals surface area contributed by atoms with Crippen molar-refractivity contribution >= 4 is 36.4 Å². The second-order valence-electron chi connectivity index (χ2n) is 6.43. The summed E-state index contributed by atoms with van der Waals surface area (Å²) in [7, 11) is 0. The van der Waals surface area contributed by atoms with Gasteiger partial charge in [-0.05, 0) is 24.8 Å². The Labute approximate surface area is 160 Å². The van der Waals surface area contributed by atoms with Crippen molar-refractivity contribution in [1.82, 2.24) is 10.2 Å². The molecule has 1 aromatic rings. The number of phenols is 1. The summed E-state index contributed by atoms with van der Waals surface area (Å²) in [4.78, 5) is 2.43. The van der Waals surface area contributed by atoms with Gasteiger partial charge in [0.05, 0.1) is 0 Å². The van der Waals surface area contributed by atoms with Crippen molar-refractivity contribution in [2.45, 2.75) is 38.1 Å². The van der Waals surface area contributed by atoms with Crippen molar-refractivity contribution in [3.05, 3.63) is 28.5 Å². The van der Waals surface area contributed by atoms with E-state index in [1.165, 1.54) is 38.2 Å². The van der Waals surface area contributed by atoms with Crippen LogP contribution in [0.15, 0.2) is 12.1 Å². The Bertz CT molecular complexity index is 503. The number of nitrogens with one attached hydrogen (secondary N) is 1. The second-order valence-corrected chi connectivity index (χ2v) is 6.81. The van der Waals surface area contributed by atoms with E-state index in [0.29, 0.717) is 5.92 Å². The predicted molar refractivity (Wildman–Crippen MR) is 101 cm³/mol. The van der Waals surface area contributed by atoms with Crippen LogP contribution in [0, 0.1) is 11.7 Å². The molecule has 3 nitrogen and oxygen atoms in total. The van der Waals surface area contributed by atoms with Gasteiger partial charge in [0, 0.05) is 37.8 Å².